The second-order valence-corrected chi connectivity index (χ2v) is 3.71. The predicted molar refractivity (Wildman–Crippen MR) is 59.4 cm³/mol. The van der Waals surface area contributed by atoms with Gasteiger partial charge in [-0.25, -0.2) is 0 Å². The van der Waals surface area contributed by atoms with Gasteiger partial charge in [0.1, 0.15) is 12.4 Å². The number of hydrogen-bond donors (Lipinski definition) is 0. The second-order valence-electron chi connectivity index (χ2n) is 2.53. The number of benzene rings is 1. The van der Waals surface area contributed by atoms with Gasteiger partial charge in [-0.1, -0.05) is 28.6 Å². The first-order chi connectivity index (χ1) is 6.26. The van der Waals surface area contributed by atoms with Crippen molar-refractivity contribution in [3.05, 3.63) is 40.9 Å². The lowest BCUT2D eigenvalue weighted by Gasteiger charge is -2.05. The van der Waals surface area contributed by atoms with E-state index in [2.05, 4.69) is 22.5 Å². The summed E-state index contributed by atoms with van der Waals surface area (Å²) in [5, 5.41) is 0. The molecule has 0 aromatic heterocycles. The topological polar surface area (TPSA) is 9.23 Å². The maximum atomic E-state index is 5.71. The molecular weight excluding hydrogens is 251 g/mol. The Morgan fingerprint density at radius 3 is 2.85 bits per heavy atom. The van der Waals surface area contributed by atoms with Gasteiger partial charge in [-0.15, -0.1) is 11.6 Å². The molecule has 0 radical (unpaired) electrons. The molecule has 1 rings (SSSR count). The molecule has 0 unspecified atom stereocenters. The first kappa shape index (κ1) is 10.6. The van der Waals surface area contributed by atoms with Crippen LogP contribution in [-0.2, 0) is 5.88 Å². The molecule has 70 valence electrons. The normalized spacial score (nSPS) is 9.69. The van der Waals surface area contributed by atoms with E-state index in [9.17, 15) is 0 Å². The molecule has 0 N–H and O–H groups in total. The van der Waals surface area contributed by atoms with Crippen LogP contribution in [0.1, 0.15) is 5.56 Å². The molecule has 0 spiro atoms. The van der Waals surface area contributed by atoms with Crippen LogP contribution in [-0.4, -0.2) is 6.61 Å². The van der Waals surface area contributed by atoms with Gasteiger partial charge in [0.25, 0.3) is 0 Å². The summed E-state index contributed by atoms with van der Waals surface area (Å²) in [7, 11) is 0. The highest BCUT2D eigenvalue weighted by molar-refractivity contribution is 9.10. The molecule has 0 heterocycles. The third kappa shape index (κ3) is 3.41. The Labute approximate surface area is 91.5 Å². The van der Waals surface area contributed by atoms with Gasteiger partial charge in [-0.2, -0.15) is 0 Å². The van der Waals surface area contributed by atoms with Crippen molar-refractivity contribution >= 4 is 27.5 Å². The quantitative estimate of drug-likeness (QED) is 0.592. The summed E-state index contributed by atoms with van der Waals surface area (Å²) in [6.07, 6.45) is 1.71. The lowest BCUT2D eigenvalue weighted by Crippen LogP contribution is -1.93. The van der Waals surface area contributed by atoms with Gasteiger partial charge in [0.2, 0.25) is 0 Å². The van der Waals surface area contributed by atoms with Gasteiger partial charge in [0.15, 0.2) is 0 Å². The molecule has 0 atom stereocenters. The molecule has 0 saturated heterocycles. The van der Waals surface area contributed by atoms with Crippen LogP contribution in [0.2, 0.25) is 0 Å². The summed E-state index contributed by atoms with van der Waals surface area (Å²) >= 11 is 9.09. The van der Waals surface area contributed by atoms with Crippen molar-refractivity contribution in [3.63, 3.8) is 0 Å². The number of rotatable bonds is 4. The molecule has 1 aromatic carbocycles. The minimum Gasteiger partial charge on any atom is -0.490 e. The highest BCUT2D eigenvalue weighted by Crippen LogP contribution is 2.22. The van der Waals surface area contributed by atoms with E-state index in [0.29, 0.717) is 12.5 Å². The molecule has 0 aliphatic carbocycles. The van der Waals surface area contributed by atoms with Crippen LogP contribution in [0.3, 0.4) is 0 Å². The van der Waals surface area contributed by atoms with E-state index in [1.807, 2.05) is 18.2 Å². The van der Waals surface area contributed by atoms with Crippen LogP contribution < -0.4 is 4.74 Å². The number of hydrogen-bond acceptors (Lipinski definition) is 1. The van der Waals surface area contributed by atoms with Crippen LogP contribution in [0.5, 0.6) is 5.75 Å². The van der Waals surface area contributed by atoms with Crippen LogP contribution >= 0.6 is 27.5 Å². The van der Waals surface area contributed by atoms with Gasteiger partial charge >= 0.3 is 0 Å². The first-order valence-corrected chi connectivity index (χ1v) is 5.18. The Morgan fingerprint density at radius 1 is 1.46 bits per heavy atom. The van der Waals surface area contributed by atoms with Crippen LogP contribution in [0.4, 0.5) is 0 Å². The Morgan fingerprint density at radius 2 is 2.23 bits per heavy atom. The molecule has 0 aliphatic heterocycles. The molecular formula is C10H10BrClO. The average molecular weight is 262 g/mol. The van der Waals surface area contributed by atoms with Crippen molar-refractivity contribution < 1.29 is 4.74 Å². The second kappa shape index (κ2) is 5.30. The summed E-state index contributed by atoms with van der Waals surface area (Å²) in [4.78, 5) is 0. The molecule has 0 amide bonds. The van der Waals surface area contributed by atoms with Crippen molar-refractivity contribution in [1.29, 1.82) is 0 Å². The molecule has 13 heavy (non-hydrogen) atoms. The minimum atomic E-state index is 0.490. The number of ether oxygens (including phenoxy) is 1. The largest absolute Gasteiger partial charge is 0.490 e. The Hall–Kier alpha value is -0.470. The fourth-order valence-corrected chi connectivity index (χ4v) is 1.61. The Bertz CT molecular complexity index is 299. The summed E-state index contributed by atoms with van der Waals surface area (Å²) < 4.78 is 6.35. The Balaban J connectivity index is 2.81. The molecule has 3 heteroatoms. The molecule has 0 aliphatic rings. The zero-order chi connectivity index (χ0) is 9.68. The Kier molecular flexibility index (Phi) is 4.33. The highest BCUT2D eigenvalue weighted by Gasteiger charge is 1.98. The summed E-state index contributed by atoms with van der Waals surface area (Å²) in [5.74, 6) is 1.30. The van der Waals surface area contributed by atoms with Gasteiger partial charge in [-0.05, 0) is 23.8 Å². The monoisotopic (exact) mass is 260 g/mol. The maximum Gasteiger partial charge on any atom is 0.121 e. The zero-order valence-electron chi connectivity index (χ0n) is 7.09. The van der Waals surface area contributed by atoms with Crippen molar-refractivity contribution in [3.8, 4) is 5.75 Å². The van der Waals surface area contributed by atoms with Crippen LogP contribution in [0.15, 0.2) is 35.3 Å². The third-order valence-corrected chi connectivity index (χ3v) is 2.22. The SMILES string of the molecule is C=CCOc1cc(Br)cc(CCl)c1. The number of halogens is 2. The maximum absolute atomic E-state index is 5.71. The molecule has 1 aromatic rings. The zero-order valence-corrected chi connectivity index (χ0v) is 9.44. The lowest BCUT2D eigenvalue weighted by molar-refractivity contribution is 0.363. The summed E-state index contributed by atoms with van der Waals surface area (Å²) in [6, 6.07) is 5.79. The van der Waals surface area contributed by atoms with Crippen molar-refractivity contribution in [1.82, 2.24) is 0 Å². The van der Waals surface area contributed by atoms with E-state index < -0.39 is 0 Å². The van der Waals surface area contributed by atoms with Crippen LogP contribution in [0, 0.1) is 0 Å². The van der Waals surface area contributed by atoms with E-state index in [1.54, 1.807) is 6.08 Å². The van der Waals surface area contributed by atoms with Crippen molar-refractivity contribution in [2.24, 2.45) is 0 Å². The molecule has 0 saturated carbocycles. The van der Waals surface area contributed by atoms with Gasteiger partial charge in [0, 0.05) is 10.4 Å². The smallest absolute Gasteiger partial charge is 0.121 e. The summed E-state index contributed by atoms with van der Waals surface area (Å²) in [5.41, 5.74) is 1.04. The van der Waals surface area contributed by atoms with Gasteiger partial charge in [0.05, 0.1) is 0 Å². The van der Waals surface area contributed by atoms with E-state index in [1.165, 1.54) is 0 Å². The fraction of sp³-hybridized carbons (Fsp3) is 0.200. The van der Waals surface area contributed by atoms with Gasteiger partial charge in [-0.3, -0.25) is 0 Å². The molecule has 1 nitrogen and oxygen atoms in total. The first-order valence-electron chi connectivity index (χ1n) is 3.85. The van der Waals surface area contributed by atoms with Gasteiger partial charge < -0.3 is 4.74 Å². The molecule has 0 bridgehead atoms. The van der Waals surface area contributed by atoms with E-state index in [-0.39, 0.29) is 0 Å². The average Bonchev–Trinajstić information content (AvgIpc) is 2.14. The number of alkyl halides is 1. The van der Waals surface area contributed by atoms with Crippen molar-refractivity contribution in [2.75, 3.05) is 6.61 Å². The predicted octanol–water partition coefficient (Wildman–Crippen LogP) is 3.75. The highest BCUT2D eigenvalue weighted by atomic mass is 79.9. The molecule has 0 fully saturated rings. The lowest BCUT2D eigenvalue weighted by atomic mass is 10.2. The minimum absolute atomic E-state index is 0.490. The van der Waals surface area contributed by atoms with Crippen molar-refractivity contribution in [2.45, 2.75) is 5.88 Å². The van der Waals surface area contributed by atoms with E-state index in [4.69, 9.17) is 16.3 Å². The summed E-state index contributed by atoms with van der Waals surface area (Å²) in [6.45, 7) is 4.09. The van der Waals surface area contributed by atoms with Crippen LogP contribution in [0.25, 0.3) is 0 Å². The van der Waals surface area contributed by atoms with E-state index in [0.717, 1.165) is 15.8 Å². The van der Waals surface area contributed by atoms with E-state index >= 15 is 0 Å². The standard InChI is InChI=1S/C10H10BrClO/c1-2-3-13-10-5-8(7-12)4-9(11)6-10/h2,4-6H,1,3,7H2. The fourth-order valence-electron chi connectivity index (χ4n) is 0.936. The third-order valence-electron chi connectivity index (χ3n) is 1.45.